The third-order valence-electron chi connectivity index (χ3n) is 5.12. The van der Waals surface area contributed by atoms with Gasteiger partial charge < -0.3 is 14.3 Å². The maximum absolute atomic E-state index is 12.2. The lowest BCUT2D eigenvalue weighted by Crippen LogP contribution is -2.08. The van der Waals surface area contributed by atoms with Crippen LogP contribution in [0.5, 0.6) is 0 Å². The molecule has 5 aromatic rings. The summed E-state index contributed by atoms with van der Waals surface area (Å²) in [5.74, 6) is 0.303. The second-order valence-electron chi connectivity index (χ2n) is 7.50. The molecule has 8 nitrogen and oxygen atoms in total. The van der Waals surface area contributed by atoms with Gasteiger partial charge in [-0.2, -0.15) is 0 Å². The van der Waals surface area contributed by atoms with Gasteiger partial charge in [-0.05, 0) is 66.7 Å². The van der Waals surface area contributed by atoms with Crippen LogP contribution in [-0.4, -0.2) is 30.0 Å². The molecule has 0 unspecified atom stereocenters. The number of hydrogen-bond acceptors (Lipinski definition) is 5. The lowest BCUT2D eigenvalue weighted by molar-refractivity contribution is 0.0992. The Kier molecular flexibility index (Phi) is 4.82. The molecule has 0 aliphatic carbocycles. The van der Waals surface area contributed by atoms with Gasteiger partial charge in [0.05, 0.1) is 17.3 Å². The second-order valence-corrected chi connectivity index (χ2v) is 7.50. The first kappa shape index (κ1) is 19.4. The van der Waals surface area contributed by atoms with E-state index in [0.29, 0.717) is 11.3 Å². The number of rotatable bonds is 4. The summed E-state index contributed by atoms with van der Waals surface area (Å²) in [6.07, 6.45) is 1.67. The van der Waals surface area contributed by atoms with Gasteiger partial charge in [-0.15, -0.1) is 0 Å². The van der Waals surface area contributed by atoms with E-state index in [1.54, 1.807) is 24.5 Å². The highest BCUT2D eigenvalue weighted by atomic mass is 16.3. The zero-order valence-corrected chi connectivity index (χ0v) is 17.5. The summed E-state index contributed by atoms with van der Waals surface area (Å²) in [6, 6.07) is 20.4. The lowest BCUT2D eigenvalue weighted by Gasteiger charge is -2.11. The number of benzene rings is 3. The van der Waals surface area contributed by atoms with Crippen LogP contribution >= 0.6 is 0 Å². The Morgan fingerprint density at radius 1 is 1.03 bits per heavy atom. The fraction of sp³-hybridized carbons (Fsp3) is 0.0833. The van der Waals surface area contributed by atoms with E-state index in [9.17, 15) is 4.79 Å². The van der Waals surface area contributed by atoms with Gasteiger partial charge in [0.1, 0.15) is 11.4 Å². The van der Waals surface area contributed by atoms with Crippen LogP contribution in [0.15, 0.2) is 87.6 Å². The number of fused-ring (bicyclic) bond motifs is 2. The van der Waals surface area contributed by atoms with Crippen LogP contribution in [0.1, 0.15) is 10.4 Å². The normalized spacial score (nSPS) is 10.8. The van der Waals surface area contributed by atoms with Gasteiger partial charge in [-0.25, -0.2) is 4.98 Å². The summed E-state index contributed by atoms with van der Waals surface area (Å²) in [6.45, 7) is 0. The molecule has 1 N–H and O–H groups in total. The number of imidazole rings is 1. The van der Waals surface area contributed by atoms with Gasteiger partial charge in [0.25, 0.3) is 0 Å². The number of nitrogens with one attached hydrogen (secondary N) is 1. The van der Waals surface area contributed by atoms with Gasteiger partial charge in [0, 0.05) is 36.3 Å². The molecule has 1 amide bonds. The van der Waals surface area contributed by atoms with Gasteiger partial charge in [-0.1, -0.05) is 0 Å². The summed E-state index contributed by atoms with van der Waals surface area (Å²) < 4.78 is 5.39. The molecule has 3 aromatic carbocycles. The Morgan fingerprint density at radius 3 is 2.69 bits per heavy atom. The number of hydrogen-bond donors (Lipinski definition) is 1. The van der Waals surface area contributed by atoms with E-state index >= 15 is 0 Å². The Labute approximate surface area is 182 Å². The van der Waals surface area contributed by atoms with Crippen molar-refractivity contribution in [2.24, 2.45) is 10.2 Å². The van der Waals surface area contributed by atoms with Crippen LogP contribution in [-0.2, 0) is 0 Å². The number of aromatic nitrogens is 2. The summed E-state index contributed by atoms with van der Waals surface area (Å²) in [4.78, 5) is 25.8. The molecule has 0 saturated heterocycles. The van der Waals surface area contributed by atoms with Crippen LogP contribution in [0.25, 0.3) is 33.4 Å². The number of carbonyl (C=O) groups excluding carboxylic acids is 1. The van der Waals surface area contributed by atoms with Crippen LogP contribution in [0.4, 0.5) is 11.4 Å². The van der Waals surface area contributed by atoms with Gasteiger partial charge in [0.2, 0.25) is 10.0 Å². The van der Waals surface area contributed by atoms with E-state index in [0.717, 1.165) is 39.1 Å². The number of anilines is 1. The monoisotopic (exact) mass is 423 g/mol. The summed E-state index contributed by atoms with van der Waals surface area (Å²) in [5, 5.41) is 8.76. The molecule has 0 saturated carbocycles. The molecule has 2 aromatic heterocycles. The van der Waals surface area contributed by atoms with Crippen molar-refractivity contribution >= 4 is 39.3 Å². The van der Waals surface area contributed by atoms with Crippen LogP contribution in [0.3, 0.4) is 0 Å². The molecule has 32 heavy (non-hydrogen) atoms. The summed E-state index contributed by atoms with van der Waals surface area (Å²) in [7, 11) is 3.87. The Balaban J connectivity index is 1.37. The second kappa shape index (κ2) is 7.94. The topological polar surface area (TPSA) is 101 Å². The SMILES string of the molecule is CN(C)c1ccc(C(=O)N=[N+]=Nc2ccc3nc(-c4ccc5occc5c4)[nH]c3c2)cc1. The minimum atomic E-state index is -0.446. The molecular weight excluding hydrogens is 404 g/mol. The van der Waals surface area contributed by atoms with Crippen LogP contribution in [0.2, 0.25) is 0 Å². The Bertz CT molecular complexity index is 1500. The quantitative estimate of drug-likeness (QED) is 0.305. The van der Waals surface area contributed by atoms with Crippen LogP contribution in [0, 0.1) is 0 Å². The van der Waals surface area contributed by atoms with Gasteiger partial charge in [-0.3, -0.25) is 4.79 Å². The van der Waals surface area contributed by atoms with Gasteiger partial charge in [0.15, 0.2) is 10.8 Å². The first-order chi connectivity index (χ1) is 15.6. The zero-order chi connectivity index (χ0) is 22.1. The molecule has 156 valence electrons. The molecule has 0 spiro atoms. The zero-order valence-electron chi connectivity index (χ0n) is 17.5. The first-order valence-electron chi connectivity index (χ1n) is 9.98. The molecular formula is C24H19N6O2+. The summed E-state index contributed by atoms with van der Waals surface area (Å²) in [5.41, 5.74) is 5.43. The number of furan rings is 1. The predicted octanol–water partition coefficient (Wildman–Crippen LogP) is 5.49. The molecule has 0 aliphatic heterocycles. The average molecular weight is 423 g/mol. The number of aromatic amines is 1. The third-order valence-corrected chi connectivity index (χ3v) is 5.12. The first-order valence-corrected chi connectivity index (χ1v) is 9.98. The van der Waals surface area contributed by atoms with Crippen molar-refractivity contribution in [2.75, 3.05) is 19.0 Å². The summed E-state index contributed by atoms with van der Waals surface area (Å²) >= 11 is 0. The smallest absolute Gasteiger partial charge is 0.360 e. The molecule has 8 heteroatoms. The van der Waals surface area contributed by atoms with Crippen molar-refractivity contribution in [1.29, 1.82) is 0 Å². The lowest BCUT2D eigenvalue weighted by atomic mass is 10.1. The molecule has 0 fully saturated rings. The van der Waals surface area contributed by atoms with Crippen LogP contribution < -0.4 is 9.81 Å². The van der Waals surface area contributed by atoms with Crippen molar-refractivity contribution in [3.63, 3.8) is 0 Å². The third kappa shape index (κ3) is 3.78. The van der Waals surface area contributed by atoms with E-state index in [2.05, 4.69) is 25.1 Å². The Hall–Kier alpha value is -4.55. The molecule has 5 rings (SSSR count). The highest BCUT2D eigenvalue weighted by Gasteiger charge is 2.11. The van der Waals surface area contributed by atoms with Crippen molar-refractivity contribution in [2.45, 2.75) is 0 Å². The van der Waals surface area contributed by atoms with E-state index in [1.165, 1.54) is 0 Å². The minimum Gasteiger partial charge on any atom is -0.464 e. The van der Waals surface area contributed by atoms with Crippen molar-refractivity contribution in [1.82, 2.24) is 14.9 Å². The number of H-pyrrole nitrogens is 1. The highest BCUT2D eigenvalue weighted by Crippen LogP contribution is 2.26. The van der Waals surface area contributed by atoms with Gasteiger partial charge >= 0.3 is 5.91 Å². The molecule has 0 bridgehead atoms. The Morgan fingerprint density at radius 2 is 1.88 bits per heavy atom. The van der Waals surface area contributed by atoms with E-state index in [1.807, 2.05) is 67.5 Å². The van der Waals surface area contributed by atoms with Crippen molar-refractivity contribution in [3.8, 4) is 11.4 Å². The standard InChI is InChI=1S/C24H18N6O2/c1-30(2)19-7-3-15(4-8-19)24(31)28-29-27-18-6-9-20-21(14-18)26-23(25-20)17-5-10-22-16(13-17)11-12-32-22/h3-14H,1-2H3/p+1. The maximum Gasteiger partial charge on any atom is 0.360 e. The highest BCUT2D eigenvalue weighted by molar-refractivity contribution is 5.94. The van der Waals surface area contributed by atoms with Crippen molar-refractivity contribution < 1.29 is 9.21 Å². The molecule has 0 aliphatic rings. The van der Waals surface area contributed by atoms with E-state index in [-0.39, 0.29) is 0 Å². The van der Waals surface area contributed by atoms with E-state index < -0.39 is 5.91 Å². The average Bonchev–Trinajstić information content (AvgIpc) is 3.45. The fourth-order valence-electron chi connectivity index (χ4n) is 3.38. The van der Waals surface area contributed by atoms with E-state index in [4.69, 9.17) is 4.42 Å². The molecule has 0 atom stereocenters. The molecule has 2 heterocycles. The fourth-order valence-corrected chi connectivity index (χ4v) is 3.38. The molecule has 0 radical (unpaired) electrons. The predicted molar refractivity (Wildman–Crippen MR) is 123 cm³/mol. The number of nitrogens with zero attached hydrogens (tertiary/aromatic N) is 5. The largest absolute Gasteiger partial charge is 0.464 e. The van der Waals surface area contributed by atoms with Crippen molar-refractivity contribution in [3.05, 3.63) is 78.6 Å². The number of carbonyl (C=O) groups is 1. The number of amides is 1. The minimum absolute atomic E-state index is 0.446. The maximum atomic E-state index is 12.2.